The van der Waals surface area contributed by atoms with Crippen molar-refractivity contribution in [3.63, 3.8) is 0 Å². The molecule has 0 aliphatic carbocycles. The van der Waals surface area contributed by atoms with E-state index in [-0.39, 0.29) is 0 Å². The number of hydrogen-bond acceptors (Lipinski definition) is 3. The molecule has 1 atom stereocenters. The van der Waals surface area contributed by atoms with Crippen molar-refractivity contribution in [2.75, 3.05) is 6.79 Å². The zero-order valence-electron chi connectivity index (χ0n) is 14.0. The molecule has 0 spiro atoms. The molecule has 0 fully saturated rings. The maximum absolute atomic E-state index is 10.00. The largest absolute Gasteiger partial charge is 0.454 e. The Balaban J connectivity index is 1.72. The van der Waals surface area contributed by atoms with Crippen LogP contribution in [-0.2, 0) is 6.42 Å². The zero-order valence-corrected chi connectivity index (χ0v) is 14.0. The molecule has 1 heterocycles. The van der Waals surface area contributed by atoms with Crippen LogP contribution < -0.4 is 9.47 Å². The summed E-state index contributed by atoms with van der Waals surface area (Å²) in [5.74, 6) is 1.71. The first kappa shape index (κ1) is 16.9. The number of benzene rings is 1. The molecule has 3 heteroatoms. The van der Waals surface area contributed by atoms with Gasteiger partial charge in [0.2, 0.25) is 6.79 Å². The van der Waals surface area contributed by atoms with Gasteiger partial charge in [-0.3, -0.25) is 0 Å². The number of allylic oxidation sites excluding steroid dienone is 2. The molecule has 0 aromatic heterocycles. The number of rotatable bonds is 8. The first-order valence-electron chi connectivity index (χ1n) is 8.27. The average Bonchev–Trinajstić information content (AvgIpc) is 2.94. The van der Waals surface area contributed by atoms with Crippen LogP contribution in [0.15, 0.2) is 29.8 Å². The Bertz CT molecular complexity index is 517. The summed E-state index contributed by atoms with van der Waals surface area (Å²) in [6.45, 7) is 6.47. The summed E-state index contributed by atoms with van der Waals surface area (Å²) in [7, 11) is 0. The van der Waals surface area contributed by atoms with Gasteiger partial charge in [0.25, 0.3) is 0 Å². The van der Waals surface area contributed by atoms with Crippen LogP contribution in [0.25, 0.3) is 0 Å². The predicted molar refractivity (Wildman–Crippen MR) is 89.4 cm³/mol. The van der Waals surface area contributed by atoms with Crippen LogP contribution in [0.3, 0.4) is 0 Å². The summed E-state index contributed by atoms with van der Waals surface area (Å²) in [5, 5.41) is 10.00. The lowest BCUT2D eigenvalue weighted by Crippen LogP contribution is -2.22. The van der Waals surface area contributed by atoms with Crippen LogP contribution in [0.5, 0.6) is 11.5 Å². The Labute approximate surface area is 134 Å². The Morgan fingerprint density at radius 2 is 2.09 bits per heavy atom. The van der Waals surface area contributed by atoms with E-state index in [1.165, 1.54) is 11.1 Å². The van der Waals surface area contributed by atoms with E-state index in [9.17, 15) is 5.11 Å². The number of ether oxygens (including phenoxy) is 2. The molecule has 0 saturated carbocycles. The lowest BCUT2D eigenvalue weighted by molar-refractivity contribution is 0.0450. The number of hydrogen-bond donors (Lipinski definition) is 1. The number of aliphatic hydroxyl groups is 1. The van der Waals surface area contributed by atoms with Crippen LogP contribution in [0.4, 0.5) is 0 Å². The Kier molecular flexibility index (Phi) is 5.90. The van der Waals surface area contributed by atoms with Gasteiger partial charge in [-0.05, 0) is 70.1 Å². The first-order valence-corrected chi connectivity index (χ1v) is 8.27. The second kappa shape index (κ2) is 7.68. The van der Waals surface area contributed by atoms with Crippen molar-refractivity contribution >= 4 is 0 Å². The first-order chi connectivity index (χ1) is 10.5. The molecule has 22 heavy (non-hydrogen) atoms. The van der Waals surface area contributed by atoms with Gasteiger partial charge >= 0.3 is 0 Å². The molecule has 0 radical (unpaired) electrons. The van der Waals surface area contributed by atoms with Crippen molar-refractivity contribution in [2.24, 2.45) is 0 Å². The van der Waals surface area contributed by atoms with Crippen LogP contribution in [0.1, 0.15) is 58.4 Å². The van der Waals surface area contributed by atoms with Gasteiger partial charge in [0.05, 0.1) is 5.60 Å². The van der Waals surface area contributed by atoms with Gasteiger partial charge in [0.15, 0.2) is 11.5 Å². The second-order valence-corrected chi connectivity index (χ2v) is 6.48. The standard InChI is InChI=1S/C19H28O3/c1-4-19(3,20)12-6-8-15(2)7-5-9-16-10-11-17-18(13-16)22-14-21-17/h7,10-11,13,20H,4-6,8-9,12,14H2,1-3H3/b15-7+. The number of fused-ring (bicyclic) bond motifs is 1. The second-order valence-electron chi connectivity index (χ2n) is 6.48. The molecular formula is C19H28O3. The summed E-state index contributed by atoms with van der Waals surface area (Å²) < 4.78 is 10.7. The summed E-state index contributed by atoms with van der Waals surface area (Å²) in [6, 6.07) is 6.17. The van der Waals surface area contributed by atoms with E-state index in [0.717, 1.165) is 50.0 Å². The van der Waals surface area contributed by atoms with E-state index in [1.807, 2.05) is 19.9 Å². The van der Waals surface area contributed by atoms with Gasteiger partial charge in [-0.25, -0.2) is 0 Å². The van der Waals surface area contributed by atoms with Crippen molar-refractivity contribution in [3.05, 3.63) is 35.4 Å². The highest BCUT2D eigenvalue weighted by atomic mass is 16.7. The molecule has 3 nitrogen and oxygen atoms in total. The fourth-order valence-electron chi connectivity index (χ4n) is 2.61. The topological polar surface area (TPSA) is 38.7 Å². The van der Waals surface area contributed by atoms with Crippen molar-refractivity contribution in [2.45, 2.75) is 64.9 Å². The molecule has 1 unspecified atom stereocenters. The van der Waals surface area contributed by atoms with Gasteiger partial charge in [-0.15, -0.1) is 0 Å². The highest BCUT2D eigenvalue weighted by Gasteiger charge is 2.16. The third-order valence-electron chi connectivity index (χ3n) is 4.41. The fourth-order valence-corrected chi connectivity index (χ4v) is 2.61. The zero-order chi connectivity index (χ0) is 16.0. The molecule has 1 aliphatic heterocycles. The van der Waals surface area contributed by atoms with Gasteiger partial charge in [0.1, 0.15) is 0 Å². The van der Waals surface area contributed by atoms with Crippen LogP contribution in [-0.4, -0.2) is 17.5 Å². The minimum absolute atomic E-state index is 0.333. The SMILES string of the molecule is CCC(C)(O)CCC/C(C)=C/CCc1ccc2c(c1)OCO2. The van der Waals surface area contributed by atoms with Crippen LogP contribution >= 0.6 is 0 Å². The molecule has 1 aromatic carbocycles. The number of aryl methyl sites for hydroxylation is 1. The summed E-state index contributed by atoms with van der Waals surface area (Å²) in [6.07, 6.45) is 8.17. The Hall–Kier alpha value is -1.48. The van der Waals surface area contributed by atoms with Crippen molar-refractivity contribution in [3.8, 4) is 11.5 Å². The van der Waals surface area contributed by atoms with E-state index in [1.54, 1.807) is 0 Å². The average molecular weight is 304 g/mol. The maximum atomic E-state index is 10.00. The molecule has 1 aromatic rings. The normalized spacial score (nSPS) is 16.6. The minimum atomic E-state index is -0.507. The van der Waals surface area contributed by atoms with Crippen molar-refractivity contribution < 1.29 is 14.6 Å². The minimum Gasteiger partial charge on any atom is -0.454 e. The van der Waals surface area contributed by atoms with Gasteiger partial charge in [0, 0.05) is 0 Å². The van der Waals surface area contributed by atoms with E-state index in [4.69, 9.17) is 9.47 Å². The molecule has 122 valence electrons. The Morgan fingerprint density at radius 3 is 2.86 bits per heavy atom. The quantitative estimate of drug-likeness (QED) is 0.712. The van der Waals surface area contributed by atoms with E-state index < -0.39 is 5.60 Å². The predicted octanol–water partition coefficient (Wildman–Crippen LogP) is 4.63. The van der Waals surface area contributed by atoms with Crippen LogP contribution in [0.2, 0.25) is 0 Å². The summed E-state index contributed by atoms with van der Waals surface area (Å²) in [4.78, 5) is 0. The molecule has 2 rings (SSSR count). The van der Waals surface area contributed by atoms with Gasteiger partial charge < -0.3 is 14.6 Å². The van der Waals surface area contributed by atoms with Gasteiger partial charge in [-0.1, -0.05) is 24.6 Å². The van der Waals surface area contributed by atoms with Gasteiger partial charge in [-0.2, -0.15) is 0 Å². The highest BCUT2D eigenvalue weighted by molar-refractivity contribution is 5.44. The lowest BCUT2D eigenvalue weighted by Gasteiger charge is -2.20. The van der Waals surface area contributed by atoms with Crippen molar-refractivity contribution in [1.29, 1.82) is 0 Å². The lowest BCUT2D eigenvalue weighted by atomic mass is 9.94. The third-order valence-corrected chi connectivity index (χ3v) is 4.41. The van der Waals surface area contributed by atoms with Crippen LogP contribution in [0, 0.1) is 0 Å². The fraction of sp³-hybridized carbons (Fsp3) is 0.579. The molecule has 1 N–H and O–H groups in total. The summed E-state index contributed by atoms with van der Waals surface area (Å²) in [5.41, 5.74) is 2.18. The highest BCUT2D eigenvalue weighted by Crippen LogP contribution is 2.32. The molecule has 0 saturated heterocycles. The maximum Gasteiger partial charge on any atom is 0.231 e. The molecular weight excluding hydrogens is 276 g/mol. The Morgan fingerprint density at radius 1 is 1.32 bits per heavy atom. The van der Waals surface area contributed by atoms with E-state index in [0.29, 0.717) is 6.79 Å². The molecule has 0 amide bonds. The molecule has 1 aliphatic rings. The third kappa shape index (κ3) is 5.06. The smallest absolute Gasteiger partial charge is 0.231 e. The monoisotopic (exact) mass is 304 g/mol. The van der Waals surface area contributed by atoms with E-state index >= 15 is 0 Å². The molecule has 0 bridgehead atoms. The summed E-state index contributed by atoms with van der Waals surface area (Å²) >= 11 is 0. The van der Waals surface area contributed by atoms with Crippen molar-refractivity contribution in [1.82, 2.24) is 0 Å². The van der Waals surface area contributed by atoms with E-state index in [2.05, 4.69) is 25.1 Å².